The van der Waals surface area contributed by atoms with E-state index in [2.05, 4.69) is 16.8 Å². The fourth-order valence-electron chi connectivity index (χ4n) is 4.00. The van der Waals surface area contributed by atoms with E-state index in [9.17, 15) is 4.79 Å². The molecule has 0 unspecified atom stereocenters. The molecule has 0 aliphatic carbocycles. The van der Waals surface area contributed by atoms with Crippen molar-refractivity contribution >= 4 is 5.91 Å². The van der Waals surface area contributed by atoms with E-state index >= 15 is 0 Å². The summed E-state index contributed by atoms with van der Waals surface area (Å²) < 4.78 is 5.50. The molecule has 0 bridgehead atoms. The molecule has 0 N–H and O–H groups in total. The molecule has 1 aromatic rings. The Kier molecular flexibility index (Phi) is 6.45. The van der Waals surface area contributed by atoms with E-state index in [1.54, 1.807) is 7.11 Å². The molecule has 2 aliphatic heterocycles. The highest BCUT2D eigenvalue weighted by atomic mass is 16.5. The van der Waals surface area contributed by atoms with Crippen LogP contribution in [0, 0.1) is 0 Å². The van der Waals surface area contributed by atoms with Gasteiger partial charge in [0.15, 0.2) is 6.10 Å². The molecule has 3 rings (SSSR count). The summed E-state index contributed by atoms with van der Waals surface area (Å²) in [5, 5.41) is 0. The highest BCUT2D eigenvalue weighted by Gasteiger charge is 2.30. The van der Waals surface area contributed by atoms with Gasteiger partial charge in [-0.2, -0.15) is 0 Å². The Balaban J connectivity index is 1.52. The third-order valence-corrected chi connectivity index (χ3v) is 5.64. The summed E-state index contributed by atoms with van der Waals surface area (Å²) in [6.45, 7) is 5.85. The van der Waals surface area contributed by atoms with Gasteiger partial charge in [-0.15, -0.1) is 0 Å². The lowest BCUT2D eigenvalue weighted by Gasteiger charge is -2.40. The van der Waals surface area contributed by atoms with E-state index in [1.165, 1.54) is 25.8 Å². The molecule has 138 valence electrons. The van der Waals surface area contributed by atoms with E-state index in [0.29, 0.717) is 6.04 Å². The number of hydrogen-bond acceptors (Lipinski definition) is 4. The second-order valence-corrected chi connectivity index (χ2v) is 7.28. The van der Waals surface area contributed by atoms with Crippen LogP contribution < -0.4 is 0 Å². The molecule has 5 nitrogen and oxygen atoms in total. The number of likely N-dealkylation sites (tertiary alicyclic amines) is 1. The monoisotopic (exact) mass is 345 g/mol. The highest BCUT2D eigenvalue weighted by molar-refractivity contribution is 5.82. The summed E-state index contributed by atoms with van der Waals surface area (Å²) in [7, 11) is 3.86. The molecule has 0 aromatic heterocycles. The van der Waals surface area contributed by atoms with Crippen LogP contribution in [0.5, 0.6) is 0 Å². The number of piperidine rings is 1. The van der Waals surface area contributed by atoms with Crippen LogP contribution in [0.2, 0.25) is 0 Å². The van der Waals surface area contributed by atoms with Crippen LogP contribution in [0.3, 0.4) is 0 Å². The molecule has 0 saturated carbocycles. The number of hydrogen-bond donors (Lipinski definition) is 0. The van der Waals surface area contributed by atoms with Crippen LogP contribution >= 0.6 is 0 Å². The lowest BCUT2D eigenvalue weighted by molar-refractivity contribution is -0.144. The predicted molar refractivity (Wildman–Crippen MR) is 99.5 cm³/mol. The second kappa shape index (κ2) is 8.79. The Morgan fingerprint density at radius 2 is 1.84 bits per heavy atom. The molecule has 5 heteroatoms. The lowest BCUT2D eigenvalue weighted by atomic mass is 10.0. The molecule has 1 amide bonds. The van der Waals surface area contributed by atoms with Crippen molar-refractivity contribution in [2.24, 2.45) is 0 Å². The third kappa shape index (κ3) is 4.60. The van der Waals surface area contributed by atoms with Crippen molar-refractivity contribution in [3.63, 3.8) is 0 Å². The van der Waals surface area contributed by atoms with E-state index in [1.807, 2.05) is 35.2 Å². The Labute approximate surface area is 151 Å². The van der Waals surface area contributed by atoms with Gasteiger partial charge in [-0.25, -0.2) is 0 Å². The van der Waals surface area contributed by atoms with Crippen molar-refractivity contribution in [2.75, 3.05) is 53.4 Å². The number of ether oxygens (including phenoxy) is 1. The minimum absolute atomic E-state index is 0.0862. The van der Waals surface area contributed by atoms with Crippen molar-refractivity contribution < 1.29 is 9.53 Å². The number of nitrogens with zero attached hydrogens (tertiary/aromatic N) is 3. The summed E-state index contributed by atoms with van der Waals surface area (Å²) in [5.41, 5.74) is 0.932. The second-order valence-electron chi connectivity index (χ2n) is 7.28. The Morgan fingerprint density at radius 1 is 1.12 bits per heavy atom. The topological polar surface area (TPSA) is 36.0 Å². The highest BCUT2D eigenvalue weighted by Crippen LogP contribution is 2.21. The SMILES string of the molecule is CO[C@H](C(=O)N1CCN(C[C@H]2CCCCN2C)CC1)c1ccccc1. The summed E-state index contributed by atoms with van der Waals surface area (Å²) in [4.78, 5) is 19.8. The van der Waals surface area contributed by atoms with Gasteiger partial charge < -0.3 is 14.5 Å². The molecule has 0 radical (unpaired) electrons. The summed E-state index contributed by atoms with van der Waals surface area (Å²) >= 11 is 0. The third-order valence-electron chi connectivity index (χ3n) is 5.64. The molecule has 2 heterocycles. The zero-order valence-electron chi connectivity index (χ0n) is 15.6. The maximum Gasteiger partial charge on any atom is 0.256 e. The first-order valence-electron chi connectivity index (χ1n) is 9.48. The first-order chi connectivity index (χ1) is 12.2. The van der Waals surface area contributed by atoms with Gasteiger partial charge in [0, 0.05) is 45.9 Å². The molecule has 0 spiro atoms. The van der Waals surface area contributed by atoms with Gasteiger partial charge in [-0.1, -0.05) is 36.8 Å². The molecule has 2 aliphatic rings. The van der Waals surface area contributed by atoms with E-state index in [4.69, 9.17) is 4.74 Å². The molecule has 2 atom stereocenters. The summed E-state index contributed by atoms with van der Waals surface area (Å²) in [6, 6.07) is 10.5. The average Bonchev–Trinajstić information content (AvgIpc) is 2.66. The van der Waals surface area contributed by atoms with E-state index in [-0.39, 0.29) is 5.91 Å². The van der Waals surface area contributed by atoms with Crippen LogP contribution in [-0.4, -0.2) is 80.1 Å². The zero-order chi connectivity index (χ0) is 17.6. The van der Waals surface area contributed by atoms with Gasteiger partial charge in [0.1, 0.15) is 0 Å². The van der Waals surface area contributed by atoms with Gasteiger partial charge >= 0.3 is 0 Å². The van der Waals surface area contributed by atoms with Gasteiger partial charge in [0.25, 0.3) is 5.91 Å². The Morgan fingerprint density at radius 3 is 2.48 bits per heavy atom. The maximum absolute atomic E-state index is 12.9. The van der Waals surface area contributed by atoms with E-state index in [0.717, 1.165) is 38.3 Å². The summed E-state index contributed by atoms with van der Waals surface area (Å²) in [5.74, 6) is 0.0862. The minimum Gasteiger partial charge on any atom is -0.367 e. The van der Waals surface area contributed by atoms with Crippen molar-refractivity contribution in [1.82, 2.24) is 14.7 Å². The zero-order valence-corrected chi connectivity index (χ0v) is 15.6. The number of amides is 1. The fraction of sp³-hybridized carbons (Fsp3) is 0.650. The Hall–Kier alpha value is -1.43. The lowest BCUT2D eigenvalue weighted by Crippen LogP contribution is -2.53. The van der Waals surface area contributed by atoms with Crippen LogP contribution in [0.1, 0.15) is 30.9 Å². The van der Waals surface area contributed by atoms with Gasteiger partial charge in [0.2, 0.25) is 0 Å². The van der Waals surface area contributed by atoms with Crippen LogP contribution in [0.15, 0.2) is 30.3 Å². The predicted octanol–water partition coefficient (Wildman–Crippen LogP) is 2.00. The van der Waals surface area contributed by atoms with Gasteiger partial charge in [-0.3, -0.25) is 9.69 Å². The van der Waals surface area contributed by atoms with Crippen molar-refractivity contribution in [2.45, 2.75) is 31.4 Å². The molecule has 1 aromatic carbocycles. The molecule has 2 saturated heterocycles. The number of benzene rings is 1. The number of likely N-dealkylation sites (N-methyl/N-ethyl adjacent to an activating group) is 1. The minimum atomic E-state index is -0.489. The number of carbonyl (C=O) groups excluding carboxylic acids is 1. The molecule has 25 heavy (non-hydrogen) atoms. The Bertz CT molecular complexity index is 543. The standard InChI is InChI=1S/C20H31N3O2/c1-21-11-7-6-10-18(21)16-22-12-14-23(15-13-22)20(24)19(25-2)17-8-4-3-5-9-17/h3-5,8-9,18-19H,6-7,10-16H2,1-2H3/t18-,19+/m1/s1. The quantitative estimate of drug-likeness (QED) is 0.818. The van der Waals surface area contributed by atoms with E-state index < -0.39 is 6.10 Å². The largest absolute Gasteiger partial charge is 0.367 e. The van der Waals surface area contributed by atoms with Gasteiger partial charge in [0.05, 0.1) is 0 Å². The molecule has 2 fully saturated rings. The summed E-state index contributed by atoms with van der Waals surface area (Å²) in [6.07, 6.45) is 3.49. The van der Waals surface area contributed by atoms with Crippen molar-refractivity contribution in [3.8, 4) is 0 Å². The van der Waals surface area contributed by atoms with Crippen molar-refractivity contribution in [3.05, 3.63) is 35.9 Å². The van der Waals surface area contributed by atoms with Crippen molar-refractivity contribution in [1.29, 1.82) is 0 Å². The van der Waals surface area contributed by atoms with Crippen LogP contribution in [-0.2, 0) is 9.53 Å². The first-order valence-corrected chi connectivity index (χ1v) is 9.48. The fourth-order valence-corrected chi connectivity index (χ4v) is 4.00. The van der Waals surface area contributed by atoms with Crippen LogP contribution in [0.25, 0.3) is 0 Å². The number of rotatable bonds is 5. The molecular weight excluding hydrogens is 314 g/mol. The average molecular weight is 345 g/mol. The maximum atomic E-state index is 12.9. The first kappa shape index (κ1) is 18.4. The van der Waals surface area contributed by atoms with Crippen LogP contribution in [0.4, 0.5) is 0 Å². The number of methoxy groups -OCH3 is 1. The molecular formula is C20H31N3O2. The van der Waals surface area contributed by atoms with Gasteiger partial charge in [-0.05, 0) is 32.0 Å². The normalized spacial score (nSPS) is 24.2. The smallest absolute Gasteiger partial charge is 0.256 e. The number of carbonyl (C=O) groups is 1. The number of piperazine rings is 1.